The molecule has 0 spiro atoms. The quantitative estimate of drug-likeness (QED) is 0.448. The summed E-state index contributed by atoms with van der Waals surface area (Å²) in [6.45, 7) is 2.62. The number of azo groups is 1. The number of nitriles is 1. The lowest BCUT2D eigenvalue weighted by atomic mass is 10.2. The van der Waals surface area contributed by atoms with E-state index in [0.717, 1.165) is 5.69 Å². The van der Waals surface area contributed by atoms with Crippen LogP contribution in [0.4, 0.5) is 22.7 Å². The van der Waals surface area contributed by atoms with Crippen molar-refractivity contribution in [2.75, 3.05) is 31.1 Å². The molecule has 0 atom stereocenters. The zero-order chi connectivity index (χ0) is 19.9. The predicted molar refractivity (Wildman–Crippen MR) is 103 cm³/mol. The first kappa shape index (κ1) is 19.0. The molecule has 9 nitrogen and oxygen atoms in total. The summed E-state index contributed by atoms with van der Waals surface area (Å²) in [5, 5.41) is 27.5. The molecule has 2 aromatic carbocycles. The molecule has 0 N–H and O–H groups in total. The number of anilines is 1. The molecule has 1 aliphatic heterocycles. The summed E-state index contributed by atoms with van der Waals surface area (Å²) in [4.78, 5) is 25.8. The monoisotopic (exact) mass is 378 g/mol. The van der Waals surface area contributed by atoms with Crippen molar-refractivity contribution in [1.29, 1.82) is 5.26 Å². The predicted octanol–water partition coefficient (Wildman–Crippen LogP) is 3.57. The fourth-order valence-electron chi connectivity index (χ4n) is 2.88. The fraction of sp³-hybridized carbons (Fsp3) is 0.263. The Hall–Kier alpha value is -3.80. The molecule has 1 heterocycles. The molecule has 0 saturated carbocycles. The molecule has 28 heavy (non-hydrogen) atoms. The number of nitro groups is 1. The maximum Gasteiger partial charge on any atom is 0.269 e. The van der Waals surface area contributed by atoms with Crippen LogP contribution in [0.2, 0.25) is 0 Å². The zero-order valence-corrected chi connectivity index (χ0v) is 15.1. The Bertz CT molecular complexity index is 910. The molecule has 0 aliphatic carbocycles. The Morgan fingerprint density at radius 2 is 1.54 bits per heavy atom. The van der Waals surface area contributed by atoms with Crippen LogP contribution >= 0.6 is 0 Å². The van der Waals surface area contributed by atoms with Crippen molar-refractivity contribution in [3.8, 4) is 6.07 Å². The molecule has 142 valence electrons. The number of rotatable bonds is 5. The Kier molecular flexibility index (Phi) is 5.91. The second kappa shape index (κ2) is 8.73. The Morgan fingerprint density at radius 3 is 2.04 bits per heavy atom. The van der Waals surface area contributed by atoms with Crippen LogP contribution in [0.3, 0.4) is 0 Å². The van der Waals surface area contributed by atoms with Gasteiger partial charge in [-0.2, -0.15) is 15.5 Å². The van der Waals surface area contributed by atoms with Gasteiger partial charge in [0.05, 0.1) is 22.4 Å². The average molecular weight is 378 g/mol. The maximum atomic E-state index is 11.8. The summed E-state index contributed by atoms with van der Waals surface area (Å²) in [5.74, 6) is -0.121. The first-order valence-electron chi connectivity index (χ1n) is 8.73. The van der Waals surface area contributed by atoms with Crippen LogP contribution < -0.4 is 4.90 Å². The van der Waals surface area contributed by atoms with Gasteiger partial charge in [-0.3, -0.25) is 14.9 Å². The van der Waals surface area contributed by atoms with Gasteiger partial charge in [-0.1, -0.05) is 0 Å². The molecule has 0 unspecified atom stereocenters. The van der Waals surface area contributed by atoms with E-state index in [-0.39, 0.29) is 18.0 Å². The number of carbonyl (C=O) groups is 1. The van der Waals surface area contributed by atoms with Crippen molar-refractivity contribution in [3.63, 3.8) is 0 Å². The summed E-state index contributed by atoms with van der Waals surface area (Å²) < 4.78 is 0. The van der Waals surface area contributed by atoms with E-state index >= 15 is 0 Å². The van der Waals surface area contributed by atoms with E-state index in [9.17, 15) is 14.9 Å². The van der Waals surface area contributed by atoms with Crippen LogP contribution in [0.25, 0.3) is 0 Å². The largest absolute Gasteiger partial charge is 0.368 e. The van der Waals surface area contributed by atoms with E-state index in [1.807, 2.05) is 30.3 Å². The van der Waals surface area contributed by atoms with Crippen LogP contribution in [-0.4, -0.2) is 41.9 Å². The van der Waals surface area contributed by atoms with Gasteiger partial charge in [0, 0.05) is 44.0 Å². The van der Waals surface area contributed by atoms with Gasteiger partial charge in [-0.15, -0.1) is 0 Å². The molecule has 1 saturated heterocycles. The molecule has 0 bridgehead atoms. The summed E-state index contributed by atoms with van der Waals surface area (Å²) >= 11 is 0. The number of non-ortho nitro benzene ring substituents is 1. The van der Waals surface area contributed by atoms with E-state index in [4.69, 9.17) is 5.26 Å². The standard InChI is InChI=1S/C19H18N6O3/c20-10-9-19(26)24-13-11-23(12-14-24)17-5-1-15(2-6-17)21-22-16-3-7-18(8-4-16)25(27)28/h1-8H,9,11-14H2. The highest BCUT2D eigenvalue weighted by Crippen LogP contribution is 2.24. The van der Waals surface area contributed by atoms with Gasteiger partial charge < -0.3 is 9.80 Å². The van der Waals surface area contributed by atoms with E-state index in [0.29, 0.717) is 37.6 Å². The Balaban J connectivity index is 1.57. The molecular formula is C19H18N6O3. The van der Waals surface area contributed by atoms with Crippen LogP contribution in [0.15, 0.2) is 58.8 Å². The molecule has 0 radical (unpaired) electrons. The maximum absolute atomic E-state index is 11.8. The van der Waals surface area contributed by atoms with Crippen LogP contribution in [0.1, 0.15) is 6.42 Å². The topological polar surface area (TPSA) is 115 Å². The van der Waals surface area contributed by atoms with Crippen molar-refractivity contribution in [2.24, 2.45) is 10.2 Å². The minimum absolute atomic E-state index is 0.0118. The number of hydrogen-bond donors (Lipinski definition) is 0. The van der Waals surface area contributed by atoms with Crippen molar-refractivity contribution in [1.82, 2.24) is 4.90 Å². The van der Waals surface area contributed by atoms with E-state index in [2.05, 4.69) is 15.1 Å². The van der Waals surface area contributed by atoms with Crippen molar-refractivity contribution in [3.05, 3.63) is 58.6 Å². The fourth-order valence-corrected chi connectivity index (χ4v) is 2.88. The SMILES string of the molecule is N#CCC(=O)N1CCN(c2ccc(N=Nc3ccc([N+](=O)[O-])cc3)cc2)CC1. The van der Waals surface area contributed by atoms with Crippen molar-refractivity contribution >= 4 is 28.7 Å². The third-order valence-electron chi connectivity index (χ3n) is 4.42. The molecule has 1 fully saturated rings. The number of hydrogen-bond acceptors (Lipinski definition) is 7. The smallest absolute Gasteiger partial charge is 0.269 e. The lowest BCUT2D eigenvalue weighted by Crippen LogP contribution is -2.48. The number of nitrogens with zero attached hydrogens (tertiary/aromatic N) is 6. The van der Waals surface area contributed by atoms with Gasteiger partial charge in [0.1, 0.15) is 6.42 Å². The van der Waals surface area contributed by atoms with Crippen LogP contribution in [-0.2, 0) is 4.79 Å². The lowest BCUT2D eigenvalue weighted by Gasteiger charge is -2.35. The second-order valence-corrected chi connectivity index (χ2v) is 6.19. The van der Waals surface area contributed by atoms with Gasteiger partial charge in [-0.25, -0.2) is 0 Å². The number of benzene rings is 2. The molecular weight excluding hydrogens is 360 g/mol. The van der Waals surface area contributed by atoms with Crippen molar-refractivity contribution in [2.45, 2.75) is 6.42 Å². The summed E-state index contributed by atoms with van der Waals surface area (Å²) in [6.07, 6.45) is -0.0749. The normalized spacial score (nSPS) is 14.1. The molecule has 1 aliphatic rings. The van der Waals surface area contributed by atoms with E-state index in [1.54, 1.807) is 17.0 Å². The van der Waals surface area contributed by atoms with Gasteiger partial charge in [0.15, 0.2) is 0 Å². The minimum atomic E-state index is -0.459. The summed E-state index contributed by atoms with van der Waals surface area (Å²) in [5.41, 5.74) is 2.25. The third-order valence-corrected chi connectivity index (χ3v) is 4.42. The highest BCUT2D eigenvalue weighted by atomic mass is 16.6. The van der Waals surface area contributed by atoms with E-state index < -0.39 is 4.92 Å². The van der Waals surface area contributed by atoms with Crippen molar-refractivity contribution < 1.29 is 9.72 Å². The highest BCUT2D eigenvalue weighted by Gasteiger charge is 2.20. The first-order valence-corrected chi connectivity index (χ1v) is 8.73. The Morgan fingerprint density at radius 1 is 1.00 bits per heavy atom. The van der Waals surface area contributed by atoms with Crippen LogP contribution in [0.5, 0.6) is 0 Å². The van der Waals surface area contributed by atoms with Gasteiger partial charge in [-0.05, 0) is 36.4 Å². The number of piperazine rings is 1. The van der Waals surface area contributed by atoms with Gasteiger partial charge in [0.2, 0.25) is 5.91 Å². The Labute approximate surface area is 161 Å². The van der Waals surface area contributed by atoms with E-state index in [1.165, 1.54) is 12.1 Å². The van der Waals surface area contributed by atoms with Gasteiger partial charge in [0.25, 0.3) is 5.69 Å². The molecule has 2 aromatic rings. The lowest BCUT2D eigenvalue weighted by molar-refractivity contribution is -0.384. The third kappa shape index (κ3) is 4.67. The average Bonchev–Trinajstić information content (AvgIpc) is 2.73. The zero-order valence-electron chi connectivity index (χ0n) is 15.1. The first-order chi connectivity index (χ1) is 13.6. The number of nitro benzene ring substituents is 1. The molecule has 0 aromatic heterocycles. The minimum Gasteiger partial charge on any atom is -0.368 e. The summed E-state index contributed by atoms with van der Waals surface area (Å²) in [7, 11) is 0. The number of amides is 1. The highest BCUT2D eigenvalue weighted by molar-refractivity contribution is 5.78. The summed E-state index contributed by atoms with van der Waals surface area (Å²) in [6, 6.07) is 15.3. The van der Waals surface area contributed by atoms with Crippen LogP contribution in [0, 0.1) is 21.4 Å². The molecule has 3 rings (SSSR count). The second-order valence-electron chi connectivity index (χ2n) is 6.19. The van der Waals surface area contributed by atoms with Gasteiger partial charge >= 0.3 is 0 Å². The molecule has 1 amide bonds. The molecule has 9 heteroatoms. The number of carbonyl (C=O) groups excluding carboxylic acids is 1.